The lowest BCUT2D eigenvalue weighted by Gasteiger charge is -2.10. The molecule has 1 aliphatic rings. The number of alkyl halides is 3. The maximum atomic E-state index is 12.6. The van der Waals surface area contributed by atoms with Gasteiger partial charge in [0, 0.05) is 16.8 Å². The summed E-state index contributed by atoms with van der Waals surface area (Å²) in [4.78, 5) is 25.3. The lowest BCUT2D eigenvalue weighted by Crippen LogP contribution is -2.19. The third-order valence-corrected chi connectivity index (χ3v) is 4.74. The number of hydrogen-bond acceptors (Lipinski definition) is 6. The Bertz CT molecular complexity index is 1500. The van der Waals surface area contributed by atoms with Gasteiger partial charge >= 0.3 is 12.1 Å². The fourth-order valence-electron chi connectivity index (χ4n) is 3.20. The highest BCUT2D eigenvalue weighted by Gasteiger charge is 2.31. The van der Waals surface area contributed by atoms with Crippen LogP contribution in [0, 0.1) is 0 Å². The summed E-state index contributed by atoms with van der Waals surface area (Å²) in [6, 6.07) is 7.28. The maximum Gasteiger partial charge on any atom is 0.573 e. The van der Waals surface area contributed by atoms with Gasteiger partial charge in [0.05, 0.1) is 17.9 Å². The standard InChI is InChI=1S/C20H15F3N6O3/c21-20(22,23)32-13-3-1-2-10(6-13)14-8-16(25-12-4-5-12)29-17(26-14)11(9-24-29)7-15-18(30)28-19(31)27-15/h1-3,6-9,12,30H,4-5H2,(H2,27,28,31). The van der Waals surface area contributed by atoms with E-state index in [2.05, 4.69) is 29.8 Å². The number of aromatic amines is 2. The molecule has 1 saturated carbocycles. The Hall–Kier alpha value is -4.09. The average molecular weight is 444 g/mol. The zero-order valence-corrected chi connectivity index (χ0v) is 16.2. The van der Waals surface area contributed by atoms with Crippen molar-refractivity contribution in [2.24, 2.45) is 4.99 Å². The lowest BCUT2D eigenvalue weighted by molar-refractivity contribution is -0.274. The molecule has 0 aliphatic heterocycles. The monoisotopic (exact) mass is 444 g/mol. The molecule has 9 nitrogen and oxygen atoms in total. The van der Waals surface area contributed by atoms with Crippen LogP contribution >= 0.6 is 0 Å². The van der Waals surface area contributed by atoms with E-state index in [-0.39, 0.29) is 23.4 Å². The third-order valence-electron chi connectivity index (χ3n) is 4.74. The number of imidazole rings is 1. The van der Waals surface area contributed by atoms with Gasteiger partial charge in [-0.1, -0.05) is 12.1 Å². The molecular formula is C20H15F3N6O3. The second kappa shape index (κ2) is 7.25. The molecule has 32 heavy (non-hydrogen) atoms. The van der Waals surface area contributed by atoms with Gasteiger partial charge in [0.1, 0.15) is 11.4 Å². The van der Waals surface area contributed by atoms with Crippen molar-refractivity contribution in [2.45, 2.75) is 25.2 Å². The Kier molecular flexibility index (Phi) is 4.50. The summed E-state index contributed by atoms with van der Waals surface area (Å²) in [6.07, 6.45) is 0.0352. The number of fused-ring (bicyclic) bond motifs is 1. The molecule has 3 heterocycles. The zero-order valence-electron chi connectivity index (χ0n) is 16.2. The molecule has 3 N–H and O–H groups in total. The van der Waals surface area contributed by atoms with Crippen LogP contribution in [0.2, 0.25) is 0 Å². The number of aromatic hydroxyl groups is 1. The minimum atomic E-state index is -4.81. The van der Waals surface area contributed by atoms with E-state index in [4.69, 9.17) is 0 Å². The fraction of sp³-hybridized carbons (Fsp3) is 0.200. The molecule has 1 aliphatic carbocycles. The van der Waals surface area contributed by atoms with Gasteiger partial charge in [-0.3, -0.25) is 9.98 Å². The summed E-state index contributed by atoms with van der Waals surface area (Å²) in [7, 11) is 0. The number of nitrogens with zero attached hydrogens (tertiary/aromatic N) is 4. The van der Waals surface area contributed by atoms with Crippen molar-refractivity contribution in [3.63, 3.8) is 0 Å². The summed E-state index contributed by atoms with van der Waals surface area (Å²) in [6.45, 7) is 0. The van der Waals surface area contributed by atoms with Crippen LogP contribution in [0.5, 0.6) is 11.6 Å². The van der Waals surface area contributed by atoms with E-state index >= 15 is 0 Å². The normalized spacial score (nSPS) is 15.6. The van der Waals surface area contributed by atoms with Crippen LogP contribution in [0.3, 0.4) is 0 Å². The first kappa shape index (κ1) is 19.8. The van der Waals surface area contributed by atoms with E-state index < -0.39 is 12.1 Å². The Morgan fingerprint density at radius 1 is 1.25 bits per heavy atom. The predicted molar refractivity (Wildman–Crippen MR) is 106 cm³/mol. The second-order valence-corrected chi connectivity index (χ2v) is 7.26. The summed E-state index contributed by atoms with van der Waals surface area (Å²) >= 11 is 0. The first-order valence-corrected chi connectivity index (χ1v) is 9.57. The van der Waals surface area contributed by atoms with Gasteiger partial charge in [0.25, 0.3) is 0 Å². The molecule has 3 aromatic heterocycles. The number of H-pyrrole nitrogens is 2. The van der Waals surface area contributed by atoms with Crippen LogP contribution in [0.1, 0.15) is 18.5 Å². The highest BCUT2D eigenvalue weighted by atomic mass is 19.4. The summed E-state index contributed by atoms with van der Waals surface area (Å²) < 4.78 is 43.4. The van der Waals surface area contributed by atoms with E-state index in [1.54, 1.807) is 12.1 Å². The van der Waals surface area contributed by atoms with Crippen molar-refractivity contribution >= 4 is 11.7 Å². The van der Waals surface area contributed by atoms with Crippen molar-refractivity contribution in [3.8, 4) is 22.9 Å². The molecule has 0 atom stereocenters. The topological polar surface area (TPSA) is 121 Å². The molecule has 164 valence electrons. The van der Waals surface area contributed by atoms with Crippen molar-refractivity contribution in [2.75, 3.05) is 0 Å². The van der Waals surface area contributed by atoms with Gasteiger partial charge in [-0.25, -0.2) is 9.78 Å². The number of rotatable bonds is 4. The van der Waals surface area contributed by atoms with Crippen LogP contribution in [-0.4, -0.2) is 42.1 Å². The van der Waals surface area contributed by atoms with E-state index in [9.17, 15) is 23.1 Å². The van der Waals surface area contributed by atoms with Crippen LogP contribution in [0.15, 0.2) is 46.3 Å². The van der Waals surface area contributed by atoms with Crippen molar-refractivity contribution in [1.82, 2.24) is 24.6 Å². The smallest absolute Gasteiger partial charge is 0.493 e. The SMILES string of the molecule is O=c1[nH]c(O)c(C=c2cnn3c(=NC4CC4)cc(-c4cccc(OC(F)(F)F)c4)nc23)[nH]1. The second-order valence-electron chi connectivity index (χ2n) is 7.26. The highest BCUT2D eigenvalue weighted by molar-refractivity contribution is 5.64. The summed E-state index contributed by atoms with van der Waals surface area (Å²) in [5.41, 5.74) is 1.16. The molecule has 0 unspecified atom stereocenters. The third kappa shape index (κ3) is 4.06. The number of halogens is 3. The number of aromatic nitrogens is 5. The molecule has 1 fully saturated rings. The fourth-order valence-corrected chi connectivity index (χ4v) is 3.20. The van der Waals surface area contributed by atoms with E-state index in [1.807, 2.05) is 0 Å². The van der Waals surface area contributed by atoms with Gasteiger partial charge in [-0.2, -0.15) is 9.61 Å². The Morgan fingerprint density at radius 3 is 2.75 bits per heavy atom. The first-order valence-electron chi connectivity index (χ1n) is 9.57. The Morgan fingerprint density at radius 2 is 2.06 bits per heavy atom. The molecular weight excluding hydrogens is 429 g/mol. The summed E-state index contributed by atoms with van der Waals surface area (Å²) in [5, 5.41) is 14.6. The first-order chi connectivity index (χ1) is 15.2. The molecule has 4 aromatic rings. The van der Waals surface area contributed by atoms with E-state index in [0.717, 1.165) is 12.8 Å². The number of ether oxygens (including phenoxy) is 1. The van der Waals surface area contributed by atoms with E-state index in [0.29, 0.717) is 27.6 Å². The minimum Gasteiger partial charge on any atom is -0.493 e. The van der Waals surface area contributed by atoms with Crippen LogP contribution in [-0.2, 0) is 0 Å². The Balaban J connectivity index is 1.70. The van der Waals surface area contributed by atoms with E-state index in [1.165, 1.54) is 35.0 Å². The maximum absolute atomic E-state index is 12.6. The molecule has 5 rings (SSSR count). The van der Waals surface area contributed by atoms with Crippen LogP contribution < -0.4 is 21.1 Å². The molecule has 0 saturated heterocycles. The van der Waals surface area contributed by atoms with Gasteiger partial charge in [0.15, 0.2) is 11.1 Å². The quantitative estimate of drug-likeness (QED) is 0.442. The molecule has 1 aromatic carbocycles. The average Bonchev–Trinajstić information content (AvgIpc) is 3.35. The molecule has 12 heteroatoms. The molecule has 0 bridgehead atoms. The zero-order chi connectivity index (χ0) is 22.5. The largest absolute Gasteiger partial charge is 0.573 e. The van der Waals surface area contributed by atoms with Gasteiger partial charge in [-0.15, -0.1) is 13.2 Å². The van der Waals surface area contributed by atoms with Crippen LogP contribution in [0.4, 0.5) is 13.2 Å². The Labute approximate surface area is 176 Å². The predicted octanol–water partition coefficient (Wildman–Crippen LogP) is 1.63. The van der Waals surface area contributed by atoms with Gasteiger partial charge < -0.3 is 14.8 Å². The molecule has 0 radical (unpaired) electrons. The highest BCUT2D eigenvalue weighted by Crippen LogP contribution is 2.27. The number of nitrogens with one attached hydrogen (secondary N) is 2. The van der Waals surface area contributed by atoms with Gasteiger partial charge in [0.2, 0.25) is 5.88 Å². The van der Waals surface area contributed by atoms with Crippen molar-refractivity contribution in [3.05, 3.63) is 63.4 Å². The number of benzene rings is 1. The van der Waals surface area contributed by atoms with Crippen molar-refractivity contribution < 1.29 is 23.0 Å². The molecule has 0 spiro atoms. The molecule has 0 amide bonds. The number of hydrogen-bond donors (Lipinski definition) is 3. The summed E-state index contributed by atoms with van der Waals surface area (Å²) in [5.74, 6) is -0.710. The van der Waals surface area contributed by atoms with Crippen molar-refractivity contribution in [1.29, 1.82) is 0 Å². The van der Waals surface area contributed by atoms with Gasteiger partial charge in [-0.05, 0) is 31.1 Å². The van der Waals surface area contributed by atoms with Crippen LogP contribution in [0.25, 0.3) is 23.0 Å². The minimum absolute atomic E-state index is 0.137. The lowest BCUT2D eigenvalue weighted by atomic mass is 10.1.